The second-order valence-corrected chi connectivity index (χ2v) is 13.4. The number of aldehydes is 2. The highest BCUT2D eigenvalue weighted by Gasteiger charge is 2.15. The molecule has 0 saturated carbocycles. The quantitative estimate of drug-likeness (QED) is 0.0673. The highest BCUT2D eigenvalue weighted by molar-refractivity contribution is 5.82. The van der Waals surface area contributed by atoms with Crippen molar-refractivity contribution in [2.24, 2.45) is 0 Å². The van der Waals surface area contributed by atoms with E-state index in [2.05, 4.69) is 58.3 Å². The number of ether oxygens (including phenoxy) is 2. The first-order valence-corrected chi connectivity index (χ1v) is 18.6. The number of hydrogen-bond acceptors (Lipinski definition) is 8. The number of carbonyl (C=O) groups is 4. The van der Waals surface area contributed by atoms with Crippen molar-refractivity contribution in [3.05, 3.63) is 179 Å². The fraction of sp³-hybridized carbons (Fsp3) is 0.167. The van der Waals surface area contributed by atoms with Crippen LogP contribution in [0.15, 0.2) is 146 Å². The van der Waals surface area contributed by atoms with Gasteiger partial charge in [-0.2, -0.15) is 0 Å². The van der Waals surface area contributed by atoms with E-state index in [1.54, 1.807) is 0 Å². The Hall–Kier alpha value is -6.80. The van der Waals surface area contributed by atoms with Crippen molar-refractivity contribution in [1.82, 2.24) is 0 Å². The molecule has 0 N–H and O–H groups in total. The molecule has 56 heavy (non-hydrogen) atoms. The highest BCUT2D eigenvalue weighted by atomic mass is 16.5. The van der Waals surface area contributed by atoms with Gasteiger partial charge in [-0.15, -0.1) is 0 Å². The van der Waals surface area contributed by atoms with Crippen LogP contribution in [0.3, 0.4) is 0 Å². The van der Waals surface area contributed by atoms with Gasteiger partial charge >= 0.3 is 11.9 Å². The first kappa shape index (κ1) is 38.9. The van der Waals surface area contributed by atoms with Crippen molar-refractivity contribution >= 4 is 58.6 Å². The molecule has 0 radical (unpaired) electrons. The summed E-state index contributed by atoms with van der Waals surface area (Å²) in [7, 11) is 2.80. The van der Waals surface area contributed by atoms with Crippen LogP contribution >= 0.6 is 0 Å². The Bertz CT molecular complexity index is 2050. The second-order valence-electron chi connectivity index (χ2n) is 13.4. The Morgan fingerprint density at radius 3 is 0.857 bits per heavy atom. The van der Waals surface area contributed by atoms with Gasteiger partial charge in [-0.05, 0) is 145 Å². The van der Waals surface area contributed by atoms with Gasteiger partial charge in [0, 0.05) is 58.1 Å². The number of anilines is 6. The maximum Gasteiger partial charge on any atom is 0.305 e. The largest absolute Gasteiger partial charge is 0.469 e. The third kappa shape index (κ3) is 10.0. The van der Waals surface area contributed by atoms with Crippen LogP contribution < -0.4 is 9.80 Å². The Morgan fingerprint density at radius 1 is 0.393 bits per heavy atom. The lowest BCUT2D eigenvalue weighted by Gasteiger charge is -2.26. The molecule has 0 aliphatic carbocycles. The minimum absolute atomic E-state index is 0.234. The zero-order valence-corrected chi connectivity index (χ0v) is 31.6. The molecule has 0 fully saturated rings. The van der Waals surface area contributed by atoms with Gasteiger partial charge < -0.3 is 19.3 Å². The number of nitrogens with zero attached hydrogens (tertiary/aromatic N) is 2. The lowest BCUT2D eigenvalue weighted by atomic mass is 10.0. The average Bonchev–Trinajstić information content (AvgIpc) is 3.26. The normalized spacial score (nSPS) is 10.7. The molecule has 0 unspecified atom stereocenters. The van der Waals surface area contributed by atoms with E-state index in [1.165, 1.54) is 25.3 Å². The second kappa shape index (κ2) is 19.0. The molecule has 0 atom stereocenters. The van der Waals surface area contributed by atoms with E-state index in [4.69, 9.17) is 9.47 Å². The van der Waals surface area contributed by atoms with Gasteiger partial charge in [0.25, 0.3) is 0 Å². The van der Waals surface area contributed by atoms with Crippen molar-refractivity contribution in [1.29, 1.82) is 0 Å². The topological polar surface area (TPSA) is 93.2 Å². The van der Waals surface area contributed by atoms with Gasteiger partial charge in [0.2, 0.25) is 0 Å². The molecule has 6 aromatic rings. The summed E-state index contributed by atoms with van der Waals surface area (Å²) < 4.78 is 9.59. The maximum absolute atomic E-state index is 11.7. The van der Waals surface area contributed by atoms with E-state index < -0.39 is 0 Å². The average molecular weight is 745 g/mol. The molecule has 0 heterocycles. The predicted octanol–water partition coefficient (Wildman–Crippen LogP) is 10.2. The van der Waals surface area contributed by atoms with Gasteiger partial charge in [0.05, 0.1) is 14.2 Å². The summed E-state index contributed by atoms with van der Waals surface area (Å²) in [5.41, 5.74) is 11.5. The minimum atomic E-state index is -0.234. The summed E-state index contributed by atoms with van der Waals surface area (Å²) in [4.78, 5) is 50.3. The summed E-state index contributed by atoms with van der Waals surface area (Å²) in [6.45, 7) is 0. The van der Waals surface area contributed by atoms with Crippen molar-refractivity contribution in [3.8, 4) is 0 Å². The third-order valence-corrected chi connectivity index (χ3v) is 9.75. The zero-order valence-electron chi connectivity index (χ0n) is 31.6. The molecule has 282 valence electrons. The molecule has 0 saturated heterocycles. The maximum atomic E-state index is 11.7. The van der Waals surface area contributed by atoms with Gasteiger partial charge in [-0.3, -0.25) is 19.2 Å². The molecular formula is C48H44N2O6. The van der Waals surface area contributed by atoms with Crippen LogP contribution in [-0.4, -0.2) is 38.7 Å². The molecule has 0 amide bonds. The van der Waals surface area contributed by atoms with Crippen LogP contribution in [0.4, 0.5) is 34.1 Å². The minimum Gasteiger partial charge on any atom is -0.469 e. The molecule has 0 aliphatic rings. The SMILES string of the molecule is COC(=O)CCc1ccc(N(c2ccc(C=O)cc2)c2ccc(CCc3ccc(N(c4ccc(C=O)cc4)c4ccc(CCC(=O)OC)cc4)cc3)cc2)cc1. The Kier molecular flexibility index (Phi) is 13.2. The third-order valence-electron chi connectivity index (χ3n) is 9.75. The number of rotatable bonds is 17. The molecule has 6 rings (SSSR count). The molecule has 0 aromatic heterocycles. The highest BCUT2D eigenvalue weighted by Crippen LogP contribution is 2.37. The molecule has 8 heteroatoms. The van der Waals surface area contributed by atoms with Gasteiger partial charge in [-0.1, -0.05) is 48.5 Å². The van der Waals surface area contributed by atoms with Crippen LogP contribution in [0.25, 0.3) is 0 Å². The summed E-state index contributed by atoms with van der Waals surface area (Å²) in [6.07, 6.45) is 5.23. The smallest absolute Gasteiger partial charge is 0.305 e. The molecule has 0 aliphatic heterocycles. The number of carbonyl (C=O) groups excluding carboxylic acids is 4. The summed E-state index contributed by atoms with van der Waals surface area (Å²) in [5, 5.41) is 0. The van der Waals surface area contributed by atoms with Crippen LogP contribution in [0.2, 0.25) is 0 Å². The number of aryl methyl sites for hydroxylation is 4. The van der Waals surface area contributed by atoms with Crippen molar-refractivity contribution < 1.29 is 28.7 Å². The van der Waals surface area contributed by atoms with E-state index >= 15 is 0 Å². The predicted molar refractivity (Wildman–Crippen MR) is 221 cm³/mol. The standard InChI is InChI=1S/C48H44N2O6/c1-55-47(53)31-17-37-9-23-43(24-10-37)49(45-27-13-39(33-51)14-28-45)41-19-5-35(6-20-41)3-4-36-7-21-42(22-8-36)50(46-29-15-40(34-52)16-30-46)44-25-11-38(12-26-44)18-32-48(54)56-2/h5-16,19-30,33-34H,3-4,17-18,31-32H2,1-2H3. The summed E-state index contributed by atoms with van der Waals surface area (Å²) in [5.74, 6) is -0.469. The van der Waals surface area contributed by atoms with Gasteiger partial charge in [0.15, 0.2) is 0 Å². The molecule has 0 bridgehead atoms. The number of hydrogen-bond donors (Lipinski definition) is 0. The van der Waals surface area contributed by atoms with Crippen LogP contribution in [0, 0.1) is 0 Å². The van der Waals surface area contributed by atoms with E-state index in [9.17, 15) is 19.2 Å². The van der Waals surface area contributed by atoms with Crippen LogP contribution in [-0.2, 0) is 44.7 Å². The fourth-order valence-corrected chi connectivity index (χ4v) is 6.53. The Morgan fingerprint density at radius 2 is 0.625 bits per heavy atom. The van der Waals surface area contributed by atoms with Crippen molar-refractivity contribution in [3.63, 3.8) is 0 Å². The number of esters is 2. The lowest BCUT2D eigenvalue weighted by Crippen LogP contribution is -2.10. The van der Waals surface area contributed by atoms with Gasteiger partial charge in [-0.25, -0.2) is 0 Å². The lowest BCUT2D eigenvalue weighted by molar-refractivity contribution is -0.141. The molecule has 0 spiro atoms. The summed E-state index contributed by atoms with van der Waals surface area (Å²) >= 11 is 0. The van der Waals surface area contributed by atoms with Crippen molar-refractivity contribution in [2.75, 3.05) is 24.0 Å². The fourth-order valence-electron chi connectivity index (χ4n) is 6.53. The van der Waals surface area contributed by atoms with Crippen LogP contribution in [0.5, 0.6) is 0 Å². The van der Waals surface area contributed by atoms with E-state index in [1.807, 2.05) is 97.1 Å². The Labute approximate surface area is 327 Å². The van der Waals surface area contributed by atoms with E-state index in [0.29, 0.717) is 36.8 Å². The number of methoxy groups -OCH3 is 2. The zero-order chi connectivity index (χ0) is 39.3. The van der Waals surface area contributed by atoms with Crippen LogP contribution in [0.1, 0.15) is 55.8 Å². The Balaban J connectivity index is 1.17. The molecule has 6 aromatic carbocycles. The monoisotopic (exact) mass is 744 g/mol. The van der Waals surface area contributed by atoms with Gasteiger partial charge in [0.1, 0.15) is 12.6 Å². The van der Waals surface area contributed by atoms with Crippen molar-refractivity contribution in [2.45, 2.75) is 38.5 Å². The summed E-state index contributed by atoms with van der Waals surface area (Å²) in [6, 6.07) is 48.4. The molecular weight excluding hydrogens is 701 g/mol. The van der Waals surface area contributed by atoms with E-state index in [0.717, 1.165) is 70.7 Å². The first-order chi connectivity index (χ1) is 27.4. The first-order valence-electron chi connectivity index (χ1n) is 18.6. The van der Waals surface area contributed by atoms with E-state index in [-0.39, 0.29) is 11.9 Å². The molecule has 8 nitrogen and oxygen atoms in total. The number of benzene rings is 6.